The van der Waals surface area contributed by atoms with Crippen LogP contribution in [0.15, 0.2) is 45.9 Å². The van der Waals surface area contributed by atoms with E-state index in [4.69, 9.17) is 19.6 Å². The number of hydrogen-bond donors (Lipinski definition) is 1. The third-order valence-corrected chi connectivity index (χ3v) is 4.82. The predicted octanol–water partition coefficient (Wildman–Crippen LogP) is 3.62. The van der Waals surface area contributed by atoms with Crippen molar-refractivity contribution in [3.05, 3.63) is 42.4 Å². The first kappa shape index (κ1) is 14.4. The van der Waals surface area contributed by atoms with E-state index in [0.29, 0.717) is 13.2 Å². The van der Waals surface area contributed by atoms with Crippen molar-refractivity contribution in [1.82, 2.24) is 0 Å². The first-order valence-electron chi connectivity index (χ1n) is 7.13. The van der Waals surface area contributed by atoms with Crippen molar-refractivity contribution < 1.29 is 13.9 Å². The SMILES string of the molecule is CCC(N)C(Sc1ccc2c(c1)OCCO2)c1ccco1. The van der Waals surface area contributed by atoms with Crippen molar-refractivity contribution in [3.63, 3.8) is 0 Å². The van der Waals surface area contributed by atoms with Crippen LogP contribution in [0.2, 0.25) is 0 Å². The molecule has 0 saturated heterocycles. The summed E-state index contributed by atoms with van der Waals surface area (Å²) in [7, 11) is 0. The normalized spacial score (nSPS) is 16.5. The highest BCUT2D eigenvalue weighted by Gasteiger charge is 2.23. The summed E-state index contributed by atoms with van der Waals surface area (Å²) in [5, 5.41) is 0.0903. The molecule has 1 aliphatic rings. The maximum Gasteiger partial charge on any atom is 0.162 e. The number of rotatable bonds is 5. The molecule has 1 aromatic heterocycles. The molecule has 2 heterocycles. The molecule has 5 heteroatoms. The van der Waals surface area contributed by atoms with Crippen molar-refractivity contribution >= 4 is 11.8 Å². The zero-order valence-corrected chi connectivity index (χ0v) is 12.8. The van der Waals surface area contributed by atoms with Crippen LogP contribution in [0.3, 0.4) is 0 Å². The molecule has 0 fully saturated rings. The lowest BCUT2D eigenvalue weighted by Gasteiger charge is -2.22. The lowest BCUT2D eigenvalue weighted by atomic mass is 10.1. The Balaban J connectivity index is 1.82. The number of ether oxygens (including phenoxy) is 2. The van der Waals surface area contributed by atoms with E-state index in [1.165, 1.54) is 0 Å². The Bertz CT molecular complexity index is 585. The lowest BCUT2D eigenvalue weighted by Crippen LogP contribution is -2.25. The predicted molar refractivity (Wildman–Crippen MR) is 83.0 cm³/mol. The molecule has 0 saturated carbocycles. The maximum atomic E-state index is 6.26. The van der Waals surface area contributed by atoms with E-state index in [2.05, 4.69) is 6.92 Å². The molecule has 0 spiro atoms. The van der Waals surface area contributed by atoms with Gasteiger partial charge < -0.3 is 19.6 Å². The molecule has 2 unspecified atom stereocenters. The van der Waals surface area contributed by atoms with E-state index >= 15 is 0 Å². The zero-order valence-electron chi connectivity index (χ0n) is 12.0. The molecular weight excluding hydrogens is 286 g/mol. The summed E-state index contributed by atoms with van der Waals surface area (Å²) in [5.41, 5.74) is 6.26. The molecule has 2 N–H and O–H groups in total. The van der Waals surface area contributed by atoms with Crippen molar-refractivity contribution in [2.75, 3.05) is 13.2 Å². The largest absolute Gasteiger partial charge is 0.486 e. The summed E-state index contributed by atoms with van der Waals surface area (Å²) < 4.78 is 16.7. The van der Waals surface area contributed by atoms with Crippen LogP contribution in [-0.2, 0) is 0 Å². The van der Waals surface area contributed by atoms with Gasteiger partial charge in [-0.3, -0.25) is 0 Å². The van der Waals surface area contributed by atoms with Crippen molar-refractivity contribution in [2.24, 2.45) is 5.73 Å². The lowest BCUT2D eigenvalue weighted by molar-refractivity contribution is 0.171. The second-order valence-electron chi connectivity index (χ2n) is 4.93. The van der Waals surface area contributed by atoms with Gasteiger partial charge in [-0.15, -0.1) is 11.8 Å². The fraction of sp³-hybridized carbons (Fsp3) is 0.375. The van der Waals surface area contributed by atoms with Crippen LogP contribution >= 0.6 is 11.8 Å². The summed E-state index contributed by atoms with van der Waals surface area (Å²) in [6.07, 6.45) is 2.58. The Morgan fingerprint density at radius 3 is 2.71 bits per heavy atom. The topological polar surface area (TPSA) is 57.6 Å². The zero-order chi connectivity index (χ0) is 14.7. The molecule has 0 bridgehead atoms. The molecule has 0 radical (unpaired) electrons. The van der Waals surface area contributed by atoms with Gasteiger partial charge in [0, 0.05) is 10.9 Å². The van der Waals surface area contributed by atoms with Gasteiger partial charge in [-0.1, -0.05) is 6.92 Å². The van der Waals surface area contributed by atoms with E-state index < -0.39 is 0 Å². The molecule has 1 aromatic carbocycles. The smallest absolute Gasteiger partial charge is 0.162 e. The number of nitrogens with two attached hydrogens (primary N) is 1. The van der Waals surface area contributed by atoms with Crippen LogP contribution < -0.4 is 15.2 Å². The van der Waals surface area contributed by atoms with Crippen LogP contribution in [0, 0.1) is 0 Å². The fourth-order valence-corrected chi connectivity index (χ4v) is 3.50. The fourth-order valence-electron chi connectivity index (χ4n) is 2.27. The standard InChI is InChI=1S/C16H19NO3S/c1-2-12(17)16(14-4-3-7-18-14)21-11-5-6-13-15(10-11)20-9-8-19-13/h3-7,10,12,16H,2,8-9,17H2,1H3. The molecule has 4 nitrogen and oxygen atoms in total. The maximum absolute atomic E-state index is 6.26. The first-order valence-corrected chi connectivity index (χ1v) is 8.01. The first-order chi connectivity index (χ1) is 10.3. The highest BCUT2D eigenvalue weighted by molar-refractivity contribution is 7.99. The summed E-state index contributed by atoms with van der Waals surface area (Å²) in [4.78, 5) is 1.10. The van der Waals surface area contributed by atoms with E-state index in [0.717, 1.165) is 28.6 Å². The van der Waals surface area contributed by atoms with Gasteiger partial charge in [0.2, 0.25) is 0 Å². The molecule has 1 aliphatic heterocycles. The monoisotopic (exact) mass is 305 g/mol. The summed E-state index contributed by atoms with van der Waals surface area (Å²) in [6.45, 7) is 3.29. The number of furan rings is 1. The Kier molecular flexibility index (Phi) is 4.41. The van der Waals surface area contributed by atoms with Gasteiger partial charge in [0.05, 0.1) is 11.5 Å². The van der Waals surface area contributed by atoms with E-state index in [1.54, 1.807) is 18.0 Å². The van der Waals surface area contributed by atoms with Crippen LogP contribution in [-0.4, -0.2) is 19.3 Å². The molecule has 21 heavy (non-hydrogen) atoms. The second kappa shape index (κ2) is 6.45. The molecule has 2 aromatic rings. The molecule has 0 aliphatic carbocycles. The molecule has 112 valence electrons. The van der Waals surface area contributed by atoms with Gasteiger partial charge >= 0.3 is 0 Å². The van der Waals surface area contributed by atoms with Gasteiger partial charge in [-0.25, -0.2) is 0 Å². The average Bonchev–Trinajstić information content (AvgIpc) is 3.06. The van der Waals surface area contributed by atoms with E-state index in [1.807, 2.05) is 30.3 Å². The van der Waals surface area contributed by atoms with Gasteiger partial charge in [0.15, 0.2) is 11.5 Å². The van der Waals surface area contributed by atoms with E-state index in [-0.39, 0.29) is 11.3 Å². The quantitative estimate of drug-likeness (QED) is 0.855. The molecule has 2 atom stereocenters. The highest BCUT2D eigenvalue weighted by atomic mass is 32.2. The minimum Gasteiger partial charge on any atom is -0.486 e. The van der Waals surface area contributed by atoms with Crippen molar-refractivity contribution in [3.8, 4) is 11.5 Å². The summed E-state index contributed by atoms with van der Waals surface area (Å²) in [5.74, 6) is 2.51. The Morgan fingerprint density at radius 1 is 1.19 bits per heavy atom. The second-order valence-corrected chi connectivity index (χ2v) is 6.15. The summed E-state index contributed by atoms with van der Waals surface area (Å²) >= 11 is 1.70. The van der Waals surface area contributed by atoms with Gasteiger partial charge in [0.25, 0.3) is 0 Å². The van der Waals surface area contributed by atoms with Crippen molar-refractivity contribution in [2.45, 2.75) is 29.5 Å². The molecular formula is C16H19NO3S. The average molecular weight is 305 g/mol. The van der Waals surface area contributed by atoms with Gasteiger partial charge in [0.1, 0.15) is 19.0 Å². The van der Waals surface area contributed by atoms with Crippen LogP contribution in [0.25, 0.3) is 0 Å². The van der Waals surface area contributed by atoms with Crippen LogP contribution in [0.4, 0.5) is 0 Å². The van der Waals surface area contributed by atoms with E-state index in [9.17, 15) is 0 Å². The van der Waals surface area contributed by atoms with Crippen LogP contribution in [0.5, 0.6) is 11.5 Å². The minimum atomic E-state index is 0.0364. The third-order valence-electron chi connectivity index (χ3n) is 3.46. The summed E-state index contributed by atoms with van der Waals surface area (Å²) in [6, 6.07) is 9.91. The Labute approximate surface area is 128 Å². The Hall–Kier alpha value is -1.59. The number of hydrogen-bond acceptors (Lipinski definition) is 5. The highest BCUT2D eigenvalue weighted by Crippen LogP contribution is 2.41. The number of benzene rings is 1. The number of fused-ring (bicyclic) bond motifs is 1. The van der Waals surface area contributed by atoms with Gasteiger partial charge in [-0.2, -0.15) is 0 Å². The minimum absolute atomic E-state index is 0.0364. The third kappa shape index (κ3) is 3.19. The number of thioether (sulfide) groups is 1. The van der Waals surface area contributed by atoms with Gasteiger partial charge in [-0.05, 0) is 36.8 Å². The van der Waals surface area contributed by atoms with Crippen LogP contribution in [0.1, 0.15) is 24.4 Å². The van der Waals surface area contributed by atoms with Crippen molar-refractivity contribution in [1.29, 1.82) is 0 Å². The Morgan fingerprint density at radius 2 is 2.00 bits per heavy atom. The molecule has 0 amide bonds. The molecule has 3 rings (SSSR count).